The van der Waals surface area contributed by atoms with Gasteiger partial charge in [0.2, 0.25) is 0 Å². The van der Waals surface area contributed by atoms with Crippen LogP contribution in [0.15, 0.2) is 47.3 Å². The minimum atomic E-state index is 1.16. The molecule has 0 N–H and O–H groups in total. The maximum absolute atomic E-state index is 3.73. The number of hydrogen-bond donors (Lipinski definition) is 0. The first kappa shape index (κ1) is 10.3. The first-order valence-electron chi connectivity index (χ1n) is 3.49. The molecule has 0 atom stereocenters. The summed E-state index contributed by atoms with van der Waals surface area (Å²) in [6, 6.07) is 0. The molecule has 0 aromatic carbocycles. The summed E-state index contributed by atoms with van der Waals surface area (Å²) in [6.45, 7) is 11.4. The highest BCUT2D eigenvalue weighted by atomic mass is 32.2. The monoisotopic (exact) mass is 166 g/mol. The van der Waals surface area contributed by atoms with E-state index in [2.05, 4.69) is 20.1 Å². The molecule has 0 spiro atoms. The zero-order valence-electron chi connectivity index (χ0n) is 7.13. The van der Waals surface area contributed by atoms with Gasteiger partial charge in [0.15, 0.2) is 0 Å². The van der Waals surface area contributed by atoms with Gasteiger partial charge < -0.3 is 0 Å². The molecular weight excluding hydrogens is 152 g/mol. The van der Waals surface area contributed by atoms with Crippen molar-refractivity contribution in [3.8, 4) is 0 Å². The van der Waals surface area contributed by atoms with E-state index in [1.54, 1.807) is 11.8 Å². The summed E-state index contributed by atoms with van der Waals surface area (Å²) < 4.78 is 0. The third-order valence-electron chi connectivity index (χ3n) is 1.23. The fourth-order valence-electron chi connectivity index (χ4n) is 0.702. The van der Waals surface area contributed by atoms with Crippen LogP contribution in [0, 0.1) is 0 Å². The molecule has 0 heterocycles. The highest BCUT2D eigenvalue weighted by Gasteiger charge is 1.91. The summed E-state index contributed by atoms with van der Waals surface area (Å²) in [6.07, 6.45) is 5.90. The smallest absolute Gasteiger partial charge is 0.00676 e. The number of thioether (sulfide) groups is 1. The lowest BCUT2D eigenvalue weighted by atomic mass is 10.2. The van der Waals surface area contributed by atoms with E-state index in [4.69, 9.17) is 0 Å². The van der Waals surface area contributed by atoms with Gasteiger partial charge in [-0.2, -0.15) is 0 Å². The van der Waals surface area contributed by atoms with Gasteiger partial charge in [0.1, 0.15) is 0 Å². The Balaban J connectivity index is 4.51. The molecular formula is C10H14S. The summed E-state index contributed by atoms with van der Waals surface area (Å²) in [7, 11) is 0. The summed E-state index contributed by atoms with van der Waals surface area (Å²) in [5.74, 6) is 0. The van der Waals surface area contributed by atoms with Crippen molar-refractivity contribution in [3.63, 3.8) is 0 Å². The van der Waals surface area contributed by atoms with E-state index in [0.717, 1.165) is 5.57 Å². The highest BCUT2D eigenvalue weighted by molar-refractivity contribution is 8.05. The largest absolute Gasteiger partial charge is 0.103 e. The van der Waals surface area contributed by atoms with Crippen molar-refractivity contribution >= 4 is 11.8 Å². The van der Waals surface area contributed by atoms with E-state index in [0.29, 0.717) is 0 Å². The summed E-state index contributed by atoms with van der Waals surface area (Å²) >= 11 is 1.62. The van der Waals surface area contributed by atoms with Gasteiger partial charge in [-0.15, -0.1) is 11.8 Å². The van der Waals surface area contributed by atoms with Gasteiger partial charge in [0, 0.05) is 0 Å². The predicted octanol–water partition coefficient (Wildman–Crippen LogP) is 3.90. The minimum absolute atomic E-state index is 1.16. The van der Waals surface area contributed by atoms with Crippen molar-refractivity contribution in [3.05, 3.63) is 47.3 Å². The fourth-order valence-corrected chi connectivity index (χ4v) is 1.24. The molecule has 0 rings (SSSR count). The third kappa shape index (κ3) is 3.89. The van der Waals surface area contributed by atoms with E-state index in [1.165, 1.54) is 4.91 Å². The molecule has 0 amide bonds. The second kappa shape index (κ2) is 6.05. The topological polar surface area (TPSA) is 0 Å². The van der Waals surface area contributed by atoms with Crippen molar-refractivity contribution in [2.75, 3.05) is 0 Å². The van der Waals surface area contributed by atoms with Crippen LogP contribution >= 0.6 is 11.8 Å². The lowest BCUT2D eigenvalue weighted by Crippen LogP contribution is -1.74. The fraction of sp³-hybridized carbons (Fsp3) is 0.200. The molecule has 0 saturated heterocycles. The Morgan fingerprint density at radius 2 is 2.00 bits per heavy atom. The lowest BCUT2D eigenvalue weighted by Gasteiger charge is -1.98. The van der Waals surface area contributed by atoms with Gasteiger partial charge in [0.05, 0.1) is 0 Å². The van der Waals surface area contributed by atoms with Gasteiger partial charge in [-0.3, -0.25) is 0 Å². The number of rotatable bonds is 4. The molecule has 60 valence electrons. The molecule has 0 fully saturated rings. The van der Waals surface area contributed by atoms with Crippen molar-refractivity contribution < 1.29 is 0 Å². The van der Waals surface area contributed by atoms with Crippen molar-refractivity contribution in [1.82, 2.24) is 0 Å². The maximum atomic E-state index is 3.73. The second-order valence-corrected chi connectivity index (χ2v) is 3.18. The van der Waals surface area contributed by atoms with Crippen LogP contribution in [-0.2, 0) is 0 Å². The van der Waals surface area contributed by atoms with E-state index in [1.807, 2.05) is 30.6 Å². The first-order valence-corrected chi connectivity index (χ1v) is 4.37. The van der Waals surface area contributed by atoms with E-state index < -0.39 is 0 Å². The molecule has 11 heavy (non-hydrogen) atoms. The maximum Gasteiger partial charge on any atom is -0.00676 e. The Morgan fingerprint density at radius 1 is 1.36 bits per heavy atom. The second-order valence-electron chi connectivity index (χ2n) is 2.00. The van der Waals surface area contributed by atoms with Crippen LogP contribution in [0.1, 0.15) is 13.8 Å². The summed E-state index contributed by atoms with van der Waals surface area (Å²) in [4.78, 5) is 1.23. The van der Waals surface area contributed by atoms with E-state index >= 15 is 0 Å². The van der Waals surface area contributed by atoms with Gasteiger partial charge in [-0.25, -0.2) is 0 Å². The van der Waals surface area contributed by atoms with E-state index in [9.17, 15) is 0 Å². The normalized spacial score (nSPS) is 12.9. The Bertz CT molecular complexity index is 197. The molecule has 0 unspecified atom stereocenters. The molecule has 0 saturated carbocycles. The standard InChI is InChI=1S/C10H14S/c1-5-8-10(6-2)9(4)11-7-3/h5-8H,2-3H2,1,4H3/b8-5-,10-9+. The van der Waals surface area contributed by atoms with Crippen LogP contribution < -0.4 is 0 Å². The van der Waals surface area contributed by atoms with Crippen molar-refractivity contribution in [1.29, 1.82) is 0 Å². The zero-order valence-corrected chi connectivity index (χ0v) is 7.95. The van der Waals surface area contributed by atoms with Gasteiger partial charge in [-0.05, 0) is 29.7 Å². The molecule has 0 radical (unpaired) electrons. The van der Waals surface area contributed by atoms with Crippen LogP contribution in [0.2, 0.25) is 0 Å². The van der Waals surface area contributed by atoms with E-state index in [-0.39, 0.29) is 0 Å². The lowest BCUT2D eigenvalue weighted by molar-refractivity contribution is 1.55. The van der Waals surface area contributed by atoms with Crippen molar-refractivity contribution in [2.24, 2.45) is 0 Å². The van der Waals surface area contributed by atoms with Crippen LogP contribution in [0.25, 0.3) is 0 Å². The number of hydrogen-bond acceptors (Lipinski definition) is 1. The van der Waals surface area contributed by atoms with Gasteiger partial charge in [0.25, 0.3) is 0 Å². The molecule has 0 bridgehead atoms. The Morgan fingerprint density at radius 3 is 2.36 bits per heavy atom. The SMILES string of the molecule is C=CS/C(C)=C(C=C)/C=C\C. The molecule has 0 nitrogen and oxygen atoms in total. The Labute approximate surface area is 73.4 Å². The zero-order chi connectivity index (χ0) is 8.69. The highest BCUT2D eigenvalue weighted by Crippen LogP contribution is 2.20. The molecule has 0 aliphatic rings. The molecule has 0 aliphatic heterocycles. The summed E-state index contributed by atoms with van der Waals surface area (Å²) in [5.41, 5.74) is 1.16. The van der Waals surface area contributed by atoms with Crippen LogP contribution in [0.4, 0.5) is 0 Å². The molecule has 0 aromatic heterocycles. The Hall–Kier alpha value is -0.690. The van der Waals surface area contributed by atoms with Gasteiger partial charge >= 0.3 is 0 Å². The average Bonchev–Trinajstić information content (AvgIpc) is 2.00. The quantitative estimate of drug-likeness (QED) is 0.571. The Kier molecular flexibility index (Phi) is 5.67. The number of allylic oxidation sites excluding steroid dienone is 5. The van der Waals surface area contributed by atoms with Crippen LogP contribution in [-0.4, -0.2) is 0 Å². The van der Waals surface area contributed by atoms with Crippen molar-refractivity contribution in [2.45, 2.75) is 13.8 Å². The summed E-state index contributed by atoms with van der Waals surface area (Å²) in [5, 5.41) is 1.82. The molecule has 0 aliphatic carbocycles. The predicted molar refractivity (Wildman–Crippen MR) is 55.5 cm³/mol. The van der Waals surface area contributed by atoms with Gasteiger partial charge in [-0.1, -0.05) is 31.4 Å². The average molecular weight is 166 g/mol. The first-order chi connectivity index (χ1) is 5.26. The minimum Gasteiger partial charge on any atom is -0.103 e. The third-order valence-corrected chi connectivity index (χ3v) is 1.99. The van der Waals surface area contributed by atoms with Crippen LogP contribution in [0.3, 0.4) is 0 Å². The molecule has 1 heteroatoms. The van der Waals surface area contributed by atoms with Crippen LogP contribution in [0.5, 0.6) is 0 Å². The molecule has 0 aromatic rings.